The van der Waals surface area contributed by atoms with Crippen molar-refractivity contribution in [3.8, 4) is 5.75 Å². The minimum absolute atomic E-state index is 0.157. The molecule has 26 heavy (non-hydrogen) atoms. The van der Waals surface area contributed by atoms with Crippen LogP contribution in [0.3, 0.4) is 0 Å². The van der Waals surface area contributed by atoms with E-state index in [0.29, 0.717) is 0 Å². The van der Waals surface area contributed by atoms with Crippen LogP contribution in [0.1, 0.15) is 40.1 Å². The highest BCUT2D eigenvalue weighted by atomic mass is 16.5. The number of aryl methyl sites for hydroxylation is 2. The van der Waals surface area contributed by atoms with E-state index < -0.39 is 5.97 Å². The first-order valence-corrected chi connectivity index (χ1v) is 8.75. The fourth-order valence-corrected chi connectivity index (χ4v) is 2.90. The van der Waals surface area contributed by atoms with Crippen LogP contribution in [0.2, 0.25) is 0 Å². The van der Waals surface area contributed by atoms with E-state index in [-0.39, 0.29) is 11.7 Å². The Labute approximate surface area is 153 Å². The van der Waals surface area contributed by atoms with E-state index in [1.54, 1.807) is 24.3 Å². The number of carbonyl (C=O) groups is 1. The minimum Gasteiger partial charge on any atom is -0.486 e. The maximum atomic E-state index is 11.0. The molecule has 1 unspecified atom stereocenters. The van der Waals surface area contributed by atoms with Gasteiger partial charge < -0.3 is 9.84 Å². The number of ether oxygens (including phenoxy) is 1. The highest BCUT2D eigenvalue weighted by molar-refractivity contribution is 5.87. The quantitative estimate of drug-likeness (QED) is 0.630. The van der Waals surface area contributed by atoms with Crippen LogP contribution in [0, 0.1) is 0 Å². The molecule has 3 aromatic carbocycles. The zero-order valence-corrected chi connectivity index (χ0v) is 14.8. The van der Waals surface area contributed by atoms with E-state index in [2.05, 4.69) is 30.3 Å². The molecule has 0 spiro atoms. The molecule has 0 aliphatic carbocycles. The van der Waals surface area contributed by atoms with Crippen LogP contribution in [0.4, 0.5) is 0 Å². The van der Waals surface area contributed by atoms with E-state index in [1.807, 2.05) is 31.2 Å². The van der Waals surface area contributed by atoms with Crippen molar-refractivity contribution in [2.24, 2.45) is 0 Å². The average molecular weight is 346 g/mol. The Morgan fingerprint density at radius 2 is 1.54 bits per heavy atom. The molecule has 132 valence electrons. The second-order valence-electron chi connectivity index (χ2n) is 6.28. The van der Waals surface area contributed by atoms with Gasteiger partial charge in [0.25, 0.3) is 0 Å². The molecule has 0 fully saturated rings. The summed E-state index contributed by atoms with van der Waals surface area (Å²) in [5.74, 6) is -0.0466. The summed E-state index contributed by atoms with van der Waals surface area (Å²) in [5, 5.41) is 9.01. The summed E-state index contributed by atoms with van der Waals surface area (Å²) in [6.45, 7) is 1.98. The molecule has 0 saturated heterocycles. The summed E-state index contributed by atoms with van der Waals surface area (Å²) < 4.78 is 6.17. The van der Waals surface area contributed by atoms with Gasteiger partial charge in [0.15, 0.2) is 0 Å². The van der Waals surface area contributed by atoms with Gasteiger partial charge in [-0.05, 0) is 54.7 Å². The lowest BCUT2D eigenvalue weighted by Gasteiger charge is -2.18. The number of aromatic carboxylic acids is 1. The monoisotopic (exact) mass is 346 g/mol. The summed E-state index contributed by atoms with van der Waals surface area (Å²) in [6.07, 6.45) is 1.71. The summed E-state index contributed by atoms with van der Waals surface area (Å²) in [5.41, 5.74) is 3.71. The maximum Gasteiger partial charge on any atom is 0.335 e. The van der Waals surface area contributed by atoms with Crippen molar-refractivity contribution < 1.29 is 14.6 Å². The molecule has 0 aliphatic rings. The standard InChI is InChI=1S/C23H22O3/c1-17(19-13-15-21(16-14-19)23(24)25)26-22-10-6-5-9-20(22)12-11-18-7-3-2-4-8-18/h2-10,13-17H,11-12H2,1H3,(H,24,25). The number of hydrogen-bond acceptors (Lipinski definition) is 2. The predicted molar refractivity (Wildman–Crippen MR) is 103 cm³/mol. The van der Waals surface area contributed by atoms with Crippen molar-refractivity contribution in [3.05, 3.63) is 101 Å². The van der Waals surface area contributed by atoms with Crippen LogP contribution in [-0.2, 0) is 12.8 Å². The number of carboxylic acid groups (broad SMARTS) is 1. The summed E-state index contributed by atoms with van der Waals surface area (Å²) in [7, 11) is 0. The third-order valence-electron chi connectivity index (χ3n) is 4.43. The number of para-hydroxylation sites is 1. The van der Waals surface area contributed by atoms with Crippen LogP contribution >= 0.6 is 0 Å². The molecule has 3 heteroatoms. The summed E-state index contributed by atoms with van der Waals surface area (Å²) in [6, 6.07) is 25.3. The number of carboxylic acids is 1. The lowest BCUT2D eigenvalue weighted by Crippen LogP contribution is -2.06. The lowest BCUT2D eigenvalue weighted by atomic mass is 10.0. The van der Waals surface area contributed by atoms with Gasteiger partial charge in [-0.15, -0.1) is 0 Å². The first kappa shape index (κ1) is 17.7. The largest absolute Gasteiger partial charge is 0.486 e. The third kappa shape index (κ3) is 4.51. The molecule has 0 amide bonds. The van der Waals surface area contributed by atoms with Gasteiger partial charge >= 0.3 is 5.97 Å². The van der Waals surface area contributed by atoms with Crippen molar-refractivity contribution in [2.45, 2.75) is 25.9 Å². The Morgan fingerprint density at radius 1 is 0.885 bits per heavy atom. The molecule has 3 rings (SSSR count). The van der Waals surface area contributed by atoms with Gasteiger partial charge in [0.2, 0.25) is 0 Å². The van der Waals surface area contributed by atoms with Crippen LogP contribution in [0.15, 0.2) is 78.9 Å². The highest BCUT2D eigenvalue weighted by Gasteiger charge is 2.11. The van der Waals surface area contributed by atoms with Crippen LogP contribution in [0.25, 0.3) is 0 Å². The van der Waals surface area contributed by atoms with E-state index >= 15 is 0 Å². The number of rotatable bonds is 7. The number of benzene rings is 3. The third-order valence-corrected chi connectivity index (χ3v) is 4.43. The normalized spacial score (nSPS) is 11.7. The summed E-state index contributed by atoms with van der Waals surface area (Å²) in [4.78, 5) is 11.0. The molecule has 3 aromatic rings. The molecular formula is C23H22O3. The molecule has 0 saturated carbocycles. The van der Waals surface area contributed by atoms with Gasteiger partial charge in [-0.1, -0.05) is 60.7 Å². The zero-order valence-electron chi connectivity index (χ0n) is 14.8. The SMILES string of the molecule is CC(Oc1ccccc1CCc1ccccc1)c1ccc(C(=O)O)cc1. The lowest BCUT2D eigenvalue weighted by molar-refractivity contribution is 0.0696. The second kappa shape index (κ2) is 8.34. The molecular weight excluding hydrogens is 324 g/mol. The van der Waals surface area contributed by atoms with E-state index in [0.717, 1.165) is 24.2 Å². The molecule has 0 bridgehead atoms. The van der Waals surface area contributed by atoms with Crippen molar-refractivity contribution in [2.75, 3.05) is 0 Å². The van der Waals surface area contributed by atoms with Gasteiger partial charge in [-0.25, -0.2) is 4.79 Å². The molecule has 0 aromatic heterocycles. The van der Waals surface area contributed by atoms with Gasteiger partial charge in [0, 0.05) is 0 Å². The second-order valence-corrected chi connectivity index (χ2v) is 6.28. The first-order valence-electron chi connectivity index (χ1n) is 8.75. The van der Waals surface area contributed by atoms with Crippen LogP contribution in [0.5, 0.6) is 5.75 Å². The van der Waals surface area contributed by atoms with E-state index in [1.165, 1.54) is 11.1 Å². The Kier molecular flexibility index (Phi) is 5.69. The van der Waals surface area contributed by atoms with E-state index in [4.69, 9.17) is 9.84 Å². The zero-order chi connectivity index (χ0) is 18.4. The van der Waals surface area contributed by atoms with Crippen molar-refractivity contribution in [1.82, 2.24) is 0 Å². The van der Waals surface area contributed by atoms with E-state index in [9.17, 15) is 4.79 Å². The fraction of sp³-hybridized carbons (Fsp3) is 0.174. The van der Waals surface area contributed by atoms with Gasteiger partial charge in [-0.3, -0.25) is 0 Å². The molecule has 0 radical (unpaired) electrons. The predicted octanol–water partition coefficient (Wildman–Crippen LogP) is 5.31. The smallest absolute Gasteiger partial charge is 0.335 e. The maximum absolute atomic E-state index is 11.0. The van der Waals surface area contributed by atoms with Crippen molar-refractivity contribution in [1.29, 1.82) is 0 Å². The van der Waals surface area contributed by atoms with Gasteiger partial charge in [-0.2, -0.15) is 0 Å². The van der Waals surface area contributed by atoms with Gasteiger partial charge in [0.1, 0.15) is 11.9 Å². The first-order chi connectivity index (χ1) is 12.6. The topological polar surface area (TPSA) is 46.5 Å². The Balaban J connectivity index is 1.70. The molecule has 0 aliphatic heterocycles. The van der Waals surface area contributed by atoms with Crippen LogP contribution < -0.4 is 4.74 Å². The molecule has 1 atom stereocenters. The fourth-order valence-electron chi connectivity index (χ4n) is 2.90. The summed E-state index contributed by atoms with van der Waals surface area (Å²) >= 11 is 0. The van der Waals surface area contributed by atoms with Crippen molar-refractivity contribution in [3.63, 3.8) is 0 Å². The Hall–Kier alpha value is -3.07. The molecule has 1 N–H and O–H groups in total. The van der Waals surface area contributed by atoms with Crippen LogP contribution in [-0.4, -0.2) is 11.1 Å². The van der Waals surface area contributed by atoms with Crippen molar-refractivity contribution >= 4 is 5.97 Å². The Morgan fingerprint density at radius 3 is 2.23 bits per heavy atom. The minimum atomic E-state index is -0.920. The molecule has 0 heterocycles. The number of hydrogen-bond donors (Lipinski definition) is 1. The highest BCUT2D eigenvalue weighted by Crippen LogP contribution is 2.26. The van der Waals surface area contributed by atoms with Gasteiger partial charge in [0.05, 0.1) is 5.56 Å². The average Bonchev–Trinajstić information content (AvgIpc) is 2.68. The Bertz CT molecular complexity index is 854. The molecule has 3 nitrogen and oxygen atoms in total.